The molecule has 1 fully saturated rings. The smallest absolute Gasteiger partial charge is 0.320 e. The summed E-state index contributed by atoms with van der Waals surface area (Å²) in [6, 6.07) is 3.62. The first-order valence-electron chi connectivity index (χ1n) is 7.07. The van der Waals surface area contributed by atoms with Gasteiger partial charge in [-0.1, -0.05) is 24.1 Å². The van der Waals surface area contributed by atoms with Crippen LogP contribution in [0.2, 0.25) is 5.02 Å². The molecule has 0 saturated carbocycles. The minimum Gasteiger partial charge on any atom is -0.480 e. The largest absolute Gasteiger partial charge is 0.480 e. The van der Waals surface area contributed by atoms with Crippen molar-refractivity contribution in [2.45, 2.75) is 38.8 Å². The number of fused-ring (bicyclic) bond motifs is 1. The van der Waals surface area contributed by atoms with E-state index >= 15 is 0 Å². The van der Waals surface area contributed by atoms with E-state index in [2.05, 4.69) is 4.98 Å². The molecule has 3 rings (SSSR count). The molecule has 2 heterocycles. The molecular formula is C15H17ClN2O2S. The summed E-state index contributed by atoms with van der Waals surface area (Å²) >= 11 is 8.09. The van der Waals surface area contributed by atoms with E-state index in [-0.39, 0.29) is 0 Å². The fraction of sp³-hybridized carbons (Fsp3) is 0.467. The van der Waals surface area contributed by atoms with Gasteiger partial charge < -0.3 is 5.11 Å². The Morgan fingerprint density at radius 2 is 2.33 bits per heavy atom. The number of aliphatic carboxylic acids is 1. The third kappa shape index (κ3) is 2.91. The van der Waals surface area contributed by atoms with E-state index in [0.29, 0.717) is 18.0 Å². The number of piperidine rings is 1. The molecule has 0 spiro atoms. The first-order valence-corrected chi connectivity index (χ1v) is 8.27. The molecule has 2 aromatic rings. The Bertz CT molecular complexity index is 686. The van der Waals surface area contributed by atoms with E-state index in [1.807, 2.05) is 24.0 Å². The quantitative estimate of drug-likeness (QED) is 0.935. The van der Waals surface area contributed by atoms with Crippen LogP contribution in [0.25, 0.3) is 10.2 Å². The van der Waals surface area contributed by atoms with Gasteiger partial charge in [0.2, 0.25) is 0 Å². The Kier molecular flexibility index (Phi) is 4.15. The molecule has 0 amide bonds. The van der Waals surface area contributed by atoms with E-state index in [9.17, 15) is 9.90 Å². The number of carboxylic acids is 1. The molecule has 1 aromatic carbocycles. The Hall–Kier alpha value is -1.17. The van der Waals surface area contributed by atoms with Gasteiger partial charge in [0, 0.05) is 6.54 Å². The lowest BCUT2D eigenvalue weighted by molar-refractivity contribution is -0.144. The van der Waals surface area contributed by atoms with Gasteiger partial charge in [-0.15, -0.1) is 11.3 Å². The number of hydrogen-bond donors (Lipinski definition) is 1. The zero-order chi connectivity index (χ0) is 15.0. The van der Waals surface area contributed by atoms with Crippen LogP contribution in [0.3, 0.4) is 0 Å². The van der Waals surface area contributed by atoms with E-state index < -0.39 is 12.0 Å². The van der Waals surface area contributed by atoms with Gasteiger partial charge in [-0.2, -0.15) is 0 Å². The molecule has 21 heavy (non-hydrogen) atoms. The second-order valence-corrected chi connectivity index (χ2v) is 7.05. The van der Waals surface area contributed by atoms with Crippen LogP contribution < -0.4 is 0 Å². The summed E-state index contributed by atoms with van der Waals surface area (Å²) < 4.78 is 1.08. The fourth-order valence-electron chi connectivity index (χ4n) is 2.92. The summed E-state index contributed by atoms with van der Waals surface area (Å²) in [6.07, 6.45) is 2.73. The van der Waals surface area contributed by atoms with Crippen molar-refractivity contribution < 1.29 is 9.90 Å². The van der Waals surface area contributed by atoms with Gasteiger partial charge in [-0.25, -0.2) is 4.98 Å². The summed E-state index contributed by atoms with van der Waals surface area (Å²) in [5, 5.41) is 11.0. The first kappa shape index (κ1) is 14.8. The van der Waals surface area contributed by atoms with Gasteiger partial charge in [0.15, 0.2) is 0 Å². The van der Waals surface area contributed by atoms with E-state index in [0.717, 1.165) is 40.2 Å². The van der Waals surface area contributed by atoms with Gasteiger partial charge in [-0.05, 0) is 37.9 Å². The van der Waals surface area contributed by atoms with Crippen molar-refractivity contribution in [2.24, 2.45) is 0 Å². The highest BCUT2D eigenvalue weighted by molar-refractivity contribution is 7.18. The first-order chi connectivity index (χ1) is 10.1. The van der Waals surface area contributed by atoms with Crippen molar-refractivity contribution >= 4 is 39.1 Å². The van der Waals surface area contributed by atoms with E-state index in [4.69, 9.17) is 11.6 Å². The van der Waals surface area contributed by atoms with Gasteiger partial charge in [0.25, 0.3) is 0 Å². The lowest BCUT2D eigenvalue weighted by Gasteiger charge is -2.33. The summed E-state index contributed by atoms with van der Waals surface area (Å²) in [4.78, 5) is 17.9. The van der Waals surface area contributed by atoms with Crippen LogP contribution >= 0.6 is 22.9 Å². The number of carbonyl (C=O) groups is 1. The van der Waals surface area contributed by atoms with Gasteiger partial charge in [0.05, 0.1) is 14.7 Å². The summed E-state index contributed by atoms with van der Waals surface area (Å²) in [6.45, 7) is 3.34. The Morgan fingerprint density at radius 3 is 3.10 bits per heavy atom. The number of thiazole rings is 1. The number of benzene rings is 1. The zero-order valence-corrected chi connectivity index (χ0v) is 13.4. The lowest BCUT2D eigenvalue weighted by Crippen LogP contribution is -2.44. The molecule has 1 aliphatic rings. The molecule has 1 atom stereocenters. The Labute approximate surface area is 132 Å². The number of likely N-dealkylation sites (tertiary alicyclic amines) is 1. The van der Waals surface area contributed by atoms with Gasteiger partial charge >= 0.3 is 5.97 Å². The average molecular weight is 325 g/mol. The standard InChI is InChI=1S/C15H17ClN2O2S/c1-9-17-14-12(21-9)6-5-10(13(14)16)8-18-7-3-2-4-11(18)15(19)20/h5-6,11H,2-4,7-8H2,1H3,(H,19,20)/t11-/m0/s1. The zero-order valence-electron chi connectivity index (χ0n) is 11.8. The number of aryl methyl sites for hydroxylation is 1. The molecule has 1 N–H and O–H groups in total. The van der Waals surface area contributed by atoms with Crippen molar-refractivity contribution in [3.8, 4) is 0 Å². The SMILES string of the molecule is Cc1nc2c(Cl)c(CN3CCCC[C@H]3C(=O)O)ccc2s1. The monoisotopic (exact) mass is 324 g/mol. The molecule has 0 aliphatic carbocycles. The van der Waals surface area contributed by atoms with Crippen LogP contribution in [0.15, 0.2) is 12.1 Å². The predicted molar refractivity (Wildman–Crippen MR) is 85.1 cm³/mol. The summed E-state index contributed by atoms with van der Waals surface area (Å²) in [5.74, 6) is -0.739. The molecule has 4 nitrogen and oxygen atoms in total. The molecule has 0 radical (unpaired) electrons. The minimum absolute atomic E-state index is 0.400. The molecule has 0 unspecified atom stereocenters. The molecule has 6 heteroatoms. The number of aromatic nitrogens is 1. The minimum atomic E-state index is -0.739. The summed E-state index contributed by atoms with van der Waals surface area (Å²) in [5.41, 5.74) is 1.79. The molecular weight excluding hydrogens is 308 g/mol. The Balaban J connectivity index is 1.89. The maximum absolute atomic E-state index is 11.4. The maximum Gasteiger partial charge on any atom is 0.320 e. The van der Waals surface area contributed by atoms with Crippen molar-refractivity contribution in [3.63, 3.8) is 0 Å². The van der Waals surface area contributed by atoms with Crippen LogP contribution in [0, 0.1) is 6.92 Å². The van der Waals surface area contributed by atoms with Crippen molar-refractivity contribution in [1.29, 1.82) is 0 Å². The highest BCUT2D eigenvalue weighted by Crippen LogP contribution is 2.32. The molecule has 1 saturated heterocycles. The number of rotatable bonds is 3. The van der Waals surface area contributed by atoms with E-state index in [1.54, 1.807) is 11.3 Å². The highest BCUT2D eigenvalue weighted by atomic mass is 35.5. The number of carboxylic acid groups (broad SMARTS) is 1. The third-order valence-electron chi connectivity index (χ3n) is 3.96. The average Bonchev–Trinajstić information content (AvgIpc) is 2.84. The van der Waals surface area contributed by atoms with Crippen molar-refractivity contribution in [3.05, 3.63) is 27.7 Å². The normalized spacial score (nSPS) is 20.0. The molecule has 1 aliphatic heterocycles. The lowest BCUT2D eigenvalue weighted by atomic mass is 10.0. The second kappa shape index (κ2) is 5.91. The Morgan fingerprint density at radius 1 is 1.52 bits per heavy atom. The number of nitrogens with zero attached hydrogens (tertiary/aromatic N) is 2. The van der Waals surface area contributed by atoms with Crippen molar-refractivity contribution in [1.82, 2.24) is 9.88 Å². The summed E-state index contributed by atoms with van der Waals surface area (Å²) in [7, 11) is 0. The van der Waals surface area contributed by atoms with Crippen LogP contribution in [0.4, 0.5) is 0 Å². The number of hydrogen-bond acceptors (Lipinski definition) is 4. The second-order valence-electron chi connectivity index (χ2n) is 5.44. The van der Waals surface area contributed by atoms with Gasteiger partial charge in [-0.3, -0.25) is 9.69 Å². The van der Waals surface area contributed by atoms with Gasteiger partial charge in [0.1, 0.15) is 11.6 Å². The van der Waals surface area contributed by atoms with Crippen molar-refractivity contribution in [2.75, 3.05) is 6.54 Å². The number of halogens is 1. The van der Waals surface area contributed by atoms with E-state index in [1.165, 1.54) is 0 Å². The van der Waals surface area contributed by atoms with Crippen LogP contribution in [-0.4, -0.2) is 33.5 Å². The van der Waals surface area contributed by atoms with Crippen LogP contribution in [-0.2, 0) is 11.3 Å². The molecule has 1 aromatic heterocycles. The fourth-order valence-corrected chi connectivity index (χ4v) is 4.07. The van der Waals surface area contributed by atoms with Crippen LogP contribution in [0.5, 0.6) is 0 Å². The highest BCUT2D eigenvalue weighted by Gasteiger charge is 2.28. The molecule has 0 bridgehead atoms. The predicted octanol–water partition coefficient (Wildman–Crippen LogP) is 3.70. The topological polar surface area (TPSA) is 53.4 Å². The molecule has 112 valence electrons. The van der Waals surface area contributed by atoms with Crippen LogP contribution in [0.1, 0.15) is 29.8 Å². The third-order valence-corrected chi connectivity index (χ3v) is 5.32. The maximum atomic E-state index is 11.4.